The monoisotopic (exact) mass is 252 g/mol. The molecule has 1 unspecified atom stereocenters. The normalized spacial score (nSPS) is 12.5. The van der Waals surface area contributed by atoms with Gasteiger partial charge in [0.2, 0.25) is 5.91 Å². The van der Waals surface area contributed by atoms with Crippen LogP contribution in [0.1, 0.15) is 20.8 Å². The lowest BCUT2D eigenvalue weighted by molar-refractivity contribution is -0.119. The largest absolute Gasteiger partial charge is 0.399 e. The highest BCUT2D eigenvalue weighted by Crippen LogP contribution is 2.19. The van der Waals surface area contributed by atoms with E-state index in [-0.39, 0.29) is 11.9 Å². The number of nitrogens with one attached hydrogen (secondary N) is 1. The Morgan fingerprint density at radius 2 is 2.12 bits per heavy atom. The molecule has 0 aromatic heterocycles. The summed E-state index contributed by atoms with van der Waals surface area (Å²) in [7, 11) is 0. The molecule has 0 saturated heterocycles. The van der Waals surface area contributed by atoms with Crippen LogP contribution in [0.3, 0.4) is 0 Å². The molecule has 3 nitrogen and oxygen atoms in total. The van der Waals surface area contributed by atoms with Crippen LogP contribution in [0.25, 0.3) is 0 Å². The van der Waals surface area contributed by atoms with Crippen molar-refractivity contribution in [3.8, 4) is 0 Å². The van der Waals surface area contributed by atoms with E-state index in [4.69, 9.17) is 5.73 Å². The van der Waals surface area contributed by atoms with Crippen LogP contribution in [0.2, 0.25) is 0 Å². The Bertz CT molecular complexity index is 379. The lowest BCUT2D eigenvalue weighted by atomic mass is 10.1. The van der Waals surface area contributed by atoms with Crippen LogP contribution in [-0.4, -0.2) is 17.7 Å². The first-order valence-corrected chi connectivity index (χ1v) is 6.75. The molecule has 0 aliphatic heterocycles. The Kier molecular flexibility index (Phi) is 5.35. The van der Waals surface area contributed by atoms with Gasteiger partial charge in [-0.05, 0) is 31.0 Å². The smallest absolute Gasteiger partial charge is 0.230 e. The molecule has 17 heavy (non-hydrogen) atoms. The number of carbonyl (C=O) groups is 1. The number of nitrogen functional groups attached to an aromatic ring is 1. The van der Waals surface area contributed by atoms with E-state index in [0.29, 0.717) is 11.7 Å². The molecule has 0 saturated carbocycles. The Balaban J connectivity index is 2.38. The van der Waals surface area contributed by atoms with Crippen LogP contribution >= 0.6 is 11.8 Å². The maximum Gasteiger partial charge on any atom is 0.230 e. The van der Waals surface area contributed by atoms with E-state index < -0.39 is 0 Å². The van der Waals surface area contributed by atoms with E-state index in [2.05, 4.69) is 19.2 Å². The fraction of sp³-hybridized carbons (Fsp3) is 0.462. The fourth-order valence-electron chi connectivity index (χ4n) is 1.22. The van der Waals surface area contributed by atoms with E-state index in [1.807, 2.05) is 31.2 Å². The minimum absolute atomic E-state index is 0.0682. The second-order valence-corrected chi connectivity index (χ2v) is 5.51. The number of nitrogens with two attached hydrogens (primary N) is 1. The number of carbonyl (C=O) groups excluding carboxylic acids is 1. The Hall–Kier alpha value is -1.16. The molecule has 3 N–H and O–H groups in total. The van der Waals surface area contributed by atoms with Crippen LogP contribution in [0.4, 0.5) is 5.69 Å². The maximum atomic E-state index is 11.7. The molecule has 0 bridgehead atoms. The van der Waals surface area contributed by atoms with E-state index in [9.17, 15) is 4.79 Å². The molecule has 0 heterocycles. The first-order chi connectivity index (χ1) is 7.99. The zero-order chi connectivity index (χ0) is 12.8. The van der Waals surface area contributed by atoms with Crippen molar-refractivity contribution >= 4 is 23.4 Å². The zero-order valence-electron chi connectivity index (χ0n) is 10.6. The third kappa shape index (κ3) is 5.13. The van der Waals surface area contributed by atoms with E-state index >= 15 is 0 Å². The molecule has 1 amide bonds. The van der Waals surface area contributed by atoms with Crippen molar-refractivity contribution in [1.29, 1.82) is 0 Å². The zero-order valence-corrected chi connectivity index (χ0v) is 11.4. The SMILES string of the molecule is CC(C)C(C)NC(=O)CSc1cccc(N)c1. The summed E-state index contributed by atoms with van der Waals surface area (Å²) in [4.78, 5) is 12.7. The summed E-state index contributed by atoms with van der Waals surface area (Å²) >= 11 is 1.50. The number of benzene rings is 1. The van der Waals surface area contributed by atoms with Gasteiger partial charge in [-0.3, -0.25) is 4.79 Å². The Morgan fingerprint density at radius 1 is 1.41 bits per heavy atom. The van der Waals surface area contributed by atoms with Gasteiger partial charge in [0.05, 0.1) is 5.75 Å². The van der Waals surface area contributed by atoms with Crippen molar-refractivity contribution in [3.05, 3.63) is 24.3 Å². The van der Waals surface area contributed by atoms with Crippen molar-refractivity contribution in [3.63, 3.8) is 0 Å². The van der Waals surface area contributed by atoms with Crippen LogP contribution in [-0.2, 0) is 4.79 Å². The molecule has 0 aliphatic rings. The lowest BCUT2D eigenvalue weighted by Gasteiger charge is -2.17. The standard InChI is InChI=1S/C13H20N2OS/c1-9(2)10(3)15-13(16)8-17-12-6-4-5-11(14)7-12/h4-7,9-10H,8,14H2,1-3H3,(H,15,16). The summed E-state index contributed by atoms with van der Waals surface area (Å²) in [5.41, 5.74) is 6.40. The molecular formula is C13H20N2OS. The second-order valence-electron chi connectivity index (χ2n) is 4.46. The van der Waals surface area contributed by atoms with Crippen LogP contribution < -0.4 is 11.1 Å². The van der Waals surface area contributed by atoms with Gasteiger partial charge >= 0.3 is 0 Å². The van der Waals surface area contributed by atoms with Gasteiger partial charge in [-0.15, -0.1) is 11.8 Å². The van der Waals surface area contributed by atoms with Gasteiger partial charge in [0.25, 0.3) is 0 Å². The summed E-state index contributed by atoms with van der Waals surface area (Å²) in [5.74, 6) is 0.954. The fourth-order valence-corrected chi connectivity index (χ4v) is 1.99. The molecular weight excluding hydrogens is 232 g/mol. The van der Waals surface area contributed by atoms with Crippen LogP contribution in [0.5, 0.6) is 0 Å². The number of amides is 1. The summed E-state index contributed by atoms with van der Waals surface area (Å²) in [6.45, 7) is 6.21. The molecule has 94 valence electrons. The molecule has 0 spiro atoms. The van der Waals surface area contributed by atoms with Gasteiger partial charge in [-0.25, -0.2) is 0 Å². The van der Waals surface area contributed by atoms with Gasteiger partial charge in [-0.1, -0.05) is 19.9 Å². The highest BCUT2D eigenvalue weighted by molar-refractivity contribution is 8.00. The van der Waals surface area contributed by atoms with E-state index in [1.54, 1.807) is 0 Å². The molecule has 1 atom stereocenters. The third-order valence-corrected chi connectivity index (χ3v) is 3.61. The number of thioether (sulfide) groups is 1. The lowest BCUT2D eigenvalue weighted by Crippen LogP contribution is -2.37. The number of anilines is 1. The van der Waals surface area contributed by atoms with Crippen molar-refractivity contribution < 1.29 is 4.79 Å². The topological polar surface area (TPSA) is 55.1 Å². The second kappa shape index (κ2) is 6.55. The summed E-state index contributed by atoms with van der Waals surface area (Å²) in [6, 6.07) is 7.78. The van der Waals surface area contributed by atoms with E-state index in [1.165, 1.54) is 11.8 Å². The number of hydrogen-bond acceptors (Lipinski definition) is 3. The Morgan fingerprint density at radius 3 is 2.71 bits per heavy atom. The minimum Gasteiger partial charge on any atom is -0.399 e. The van der Waals surface area contributed by atoms with Crippen molar-refractivity contribution in [2.45, 2.75) is 31.7 Å². The average molecular weight is 252 g/mol. The molecule has 4 heteroatoms. The van der Waals surface area contributed by atoms with Gasteiger partial charge in [0.1, 0.15) is 0 Å². The third-order valence-electron chi connectivity index (χ3n) is 2.62. The summed E-state index contributed by atoms with van der Waals surface area (Å²) in [6.07, 6.45) is 0. The van der Waals surface area contributed by atoms with Gasteiger partial charge in [0.15, 0.2) is 0 Å². The maximum absolute atomic E-state index is 11.7. The van der Waals surface area contributed by atoms with Crippen molar-refractivity contribution in [2.24, 2.45) is 5.92 Å². The predicted molar refractivity (Wildman–Crippen MR) is 74.0 cm³/mol. The highest BCUT2D eigenvalue weighted by atomic mass is 32.2. The molecule has 1 aromatic rings. The number of rotatable bonds is 5. The highest BCUT2D eigenvalue weighted by Gasteiger charge is 2.10. The number of hydrogen-bond donors (Lipinski definition) is 2. The van der Waals surface area contributed by atoms with Gasteiger partial charge in [0, 0.05) is 16.6 Å². The van der Waals surface area contributed by atoms with Crippen molar-refractivity contribution in [2.75, 3.05) is 11.5 Å². The van der Waals surface area contributed by atoms with Gasteiger partial charge < -0.3 is 11.1 Å². The first kappa shape index (κ1) is 13.9. The summed E-state index contributed by atoms with van der Waals surface area (Å²) < 4.78 is 0. The van der Waals surface area contributed by atoms with Gasteiger partial charge in [-0.2, -0.15) is 0 Å². The molecule has 0 fully saturated rings. The predicted octanol–water partition coefficient (Wildman–Crippen LogP) is 2.52. The summed E-state index contributed by atoms with van der Waals surface area (Å²) in [5, 5.41) is 2.97. The average Bonchev–Trinajstić information content (AvgIpc) is 2.26. The Labute approximate surface area is 107 Å². The van der Waals surface area contributed by atoms with Crippen LogP contribution in [0, 0.1) is 5.92 Å². The van der Waals surface area contributed by atoms with Crippen molar-refractivity contribution in [1.82, 2.24) is 5.32 Å². The molecule has 0 aliphatic carbocycles. The quantitative estimate of drug-likeness (QED) is 0.625. The first-order valence-electron chi connectivity index (χ1n) is 5.76. The molecule has 1 aromatic carbocycles. The molecule has 0 radical (unpaired) electrons. The van der Waals surface area contributed by atoms with E-state index in [0.717, 1.165) is 10.6 Å². The molecule has 1 rings (SSSR count). The minimum atomic E-state index is 0.0682. The van der Waals surface area contributed by atoms with Crippen LogP contribution in [0.15, 0.2) is 29.2 Å².